The summed E-state index contributed by atoms with van der Waals surface area (Å²) in [5.74, 6) is 1.30. The van der Waals surface area contributed by atoms with Crippen LogP contribution in [0.15, 0.2) is 47.1 Å². The third kappa shape index (κ3) is 3.28. The van der Waals surface area contributed by atoms with Gasteiger partial charge in [-0.2, -0.15) is 0 Å². The molecule has 2 aromatic rings. The number of halogens is 1. The summed E-state index contributed by atoms with van der Waals surface area (Å²) in [5, 5.41) is 0. The van der Waals surface area contributed by atoms with Crippen LogP contribution in [-0.2, 0) is 0 Å². The number of nitrogens with zero attached hydrogens (tertiary/aromatic N) is 1. The Labute approximate surface area is 109 Å². The Balaban J connectivity index is 2.21. The zero-order valence-corrected chi connectivity index (χ0v) is 11.0. The van der Waals surface area contributed by atoms with E-state index >= 15 is 0 Å². The maximum atomic E-state index is 5.81. The summed E-state index contributed by atoms with van der Waals surface area (Å²) >= 11 is 3.39. The second kappa shape index (κ2) is 5.29. The molecule has 4 heteroatoms. The number of benzene rings is 1. The molecule has 0 aliphatic heterocycles. The highest BCUT2D eigenvalue weighted by molar-refractivity contribution is 9.10. The zero-order chi connectivity index (χ0) is 12.3. The van der Waals surface area contributed by atoms with E-state index in [9.17, 15) is 0 Å². The summed E-state index contributed by atoms with van der Waals surface area (Å²) in [6.07, 6.45) is 1.70. The van der Waals surface area contributed by atoms with Crippen LogP contribution in [0.25, 0.3) is 0 Å². The highest BCUT2D eigenvalue weighted by Gasteiger charge is 2.03. The van der Waals surface area contributed by atoms with Crippen LogP contribution >= 0.6 is 15.9 Å². The van der Waals surface area contributed by atoms with E-state index < -0.39 is 0 Å². The van der Waals surface area contributed by atoms with E-state index in [2.05, 4.69) is 20.9 Å². The van der Waals surface area contributed by atoms with Gasteiger partial charge in [-0.1, -0.05) is 22.0 Å². The van der Waals surface area contributed by atoms with Crippen LogP contribution in [0.5, 0.6) is 11.6 Å². The number of hydrogen-bond acceptors (Lipinski definition) is 3. The molecule has 2 N–H and O–H groups in total. The number of hydrogen-bond donors (Lipinski definition) is 1. The van der Waals surface area contributed by atoms with Crippen molar-refractivity contribution in [1.29, 1.82) is 0 Å². The molecule has 0 saturated heterocycles. The highest BCUT2D eigenvalue weighted by Crippen LogP contribution is 2.24. The van der Waals surface area contributed by atoms with Crippen LogP contribution in [0.2, 0.25) is 0 Å². The van der Waals surface area contributed by atoms with Gasteiger partial charge in [-0.15, -0.1) is 0 Å². The van der Waals surface area contributed by atoms with Crippen molar-refractivity contribution in [1.82, 2.24) is 4.98 Å². The fraction of sp³-hybridized carbons (Fsp3) is 0.154. The van der Waals surface area contributed by atoms with Gasteiger partial charge in [0.25, 0.3) is 0 Å². The Hall–Kier alpha value is -1.39. The summed E-state index contributed by atoms with van der Waals surface area (Å²) in [6.45, 7) is 1.93. The first kappa shape index (κ1) is 12.1. The van der Waals surface area contributed by atoms with Gasteiger partial charge in [0.1, 0.15) is 5.75 Å². The zero-order valence-electron chi connectivity index (χ0n) is 9.43. The van der Waals surface area contributed by atoms with Crippen molar-refractivity contribution in [2.45, 2.75) is 13.0 Å². The lowest BCUT2D eigenvalue weighted by atomic mass is 10.1. The Morgan fingerprint density at radius 3 is 2.82 bits per heavy atom. The molecule has 1 aromatic carbocycles. The van der Waals surface area contributed by atoms with Gasteiger partial charge in [0.05, 0.1) is 0 Å². The minimum Gasteiger partial charge on any atom is -0.439 e. The summed E-state index contributed by atoms with van der Waals surface area (Å²) in [5.41, 5.74) is 6.81. The van der Waals surface area contributed by atoms with Crippen LogP contribution in [0.4, 0.5) is 0 Å². The maximum Gasteiger partial charge on any atom is 0.219 e. The summed E-state index contributed by atoms with van der Waals surface area (Å²) in [6, 6.07) is 11.3. The summed E-state index contributed by atoms with van der Waals surface area (Å²) in [7, 11) is 0. The molecule has 0 aliphatic rings. The number of pyridine rings is 1. The molecule has 0 aliphatic carbocycles. The molecule has 0 amide bonds. The molecule has 17 heavy (non-hydrogen) atoms. The Morgan fingerprint density at radius 1 is 1.29 bits per heavy atom. The van der Waals surface area contributed by atoms with Crippen LogP contribution in [0.1, 0.15) is 18.5 Å². The van der Waals surface area contributed by atoms with Gasteiger partial charge in [-0.25, -0.2) is 4.98 Å². The van der Waals surface area contributed by atoms with Crippen LogP contribution in [0.3, 0.4) is 0 Å². The van der Waals surface area contributed by atoms with E-state index in [-0.39, 0.29) is 6.04 Å². The Bertz CT molecular complexity index is 514. The fourth-order valence-corrected chi connectivity index (χ4v) is 1.79. The van der Waals surface area contributed by atoms with Gasteiger partial charge in [-0.3, -0.25) is 0 Å². The molecule has 0 spiro atoms. The predicted molar refractivity (Wildman–Crippen MR) is 71.1 cm³/mol. The van der Waals surface area contributed by atoms with Crippen molar-refractivity contribution in [3.8, 4) is 11.6 Å². The molecule has 1 atom stereocenters. The van der Waals surface area contributed by atoms with Crippen LogP contribution in [0, 0.1) is 0 Å². The Kier molecular flexibility index (Phi) is 3.76. The topological polar surface area (TPSA) is 48.1 Å². The minimum absolute atomic E-state index is 0.0251. The average Bonchev–Trinajstić information content (AvgIpc) is 2.29. The quantitative estimate of drug-likeness (QED) is 0.939. The molecule has 0 bridgehead atoms. The first-order valence-corrected chi connectivity index (χ1v) is 6.09. The SMILES string of the molecule is C[C@H](N)c1ccnc(Oc2cccc(Br)c2)c1. The minimum atomic E-state index is -0.0251. The highest BCUT2D eigenvalue weighted by atomic mass is 79.9. The van der Waals surface area contributed by atoms with Gasteiger partial charge in [0, 0.05) is 22.8 Å². The smallest absolute Gasteiger partial charge is 0.219 e. The summed E-state index contributed by atoms with van der Waals surface area (Å²) < 4.78 is 6.62. The largest absolute Gasteiger partial charge is 0.439 e. The normalized spacial score (nSPS) is 12.2. The maximum absolute atomic E-state index is 5.81. The molecule has 0 unspecified atom stereocenters. The number of rotatable bonds is 3. The molecule has 0 radical (unpaired) electrons. The third-order valence-electron chi connectivity index (χ3n) is 2.30. The molecule has 3 nitrogen and oxygen atoms in total. The molecule has 2 rings (SSSR count). The van der Waals surface area contributed by atoms with Crippen molar-refractivity contribution in [2.75, 3.05) is 0 Å². The molecule has 88 valence electrons. The molecular formula is C13H13BrN2O. The number of ether oxygens (including phenoxy) is 1. The Morgan fingerprint density at radius 2 is 2.12 bits per heavy atom. The van der Waals surface area contributed by atoms with Gasteiger partial charge in [-0.05, 0) is 36.8 Å². The molecule has 0 fully saturated rings. The number of aromatic nitrogens is 1. The van der Waals surface area contributed by atoms with E-state index in [0.717, 1.165) is 15.8 Å². The number of nitrogens with two attached hydrogens (primary N) is 1. The van der Waals surface area contributed by atoms with E-state index in [1.807, 2.05) is 43.3 Å². The van der Waals surface area contributed by atoms with Crippen molar-refractivity contribution in [3.63, 3.8) is 0 Å². The van der Waals surface area contributed by atoms with E-state index in [1.165, 1.54) is 0 Å². The second-order valence-electron chi connectivity index (χ2n) is 3.78. The lowest BCUT2D eigenvalue weighted by Gasteiger charge is -2.08. The molecular weight excluding hydrogens is 280 g/mol. The van der Waals surface area contributed by atoms with Gasteiger partial charge in [0.2, 0.25) is 5.88 Å². The average molecular weight is 293 g/mol. The molecule has 1 aromatic heterocycles. The standard InChI is InChI=1S/C13H13BrN2O/c1-9(15)10-5-6-16-13(7-10)17-12-4-2-3-11(14)8-12/h2-9H,15H2,1H3/t9-/m0/s1. The third-order valence-corrected chi connectivity index (χ3v) is 2.80. The fourth-order valence-electron chi connectivity index (χ4n) is 1.42. The van der Waals surface area contributed by atoms with Gasteiger partial charge >= 0.3 is 0 Å². The van der Waals surface area contributed by atoms with Gasteiger partial charge in [0.15, 0.2) is 0 Å². The second-order valence-corrected chi connectivity index (χ2v) is 4.69. The summed E-state index contributed by atoms with van der Waals surface area (Å²) in [4.78, 5) is 4.15. The van der Waals surface area contributed by atoms with E-state index in [4.69, 9.17) is 10.5 Å². The molecule has 1 heterocycles. The first-order valence-electron chi connectivity index (χ1n) is 5.30. The lowest BCUT2D eigenvalue weighted by molar-refractivity contribution is 0.461. The van der Waals surface area contributed by atoms with E-state index in [0.29, 0.717) is 5.88 Å². The van der Waals surface area contributed by atoms with Crippen LogP contribution < -0.4 is 10.5 Å². The molecule has 0 saturated carbocycles. The van der Waals surface area contributed by atoms with Crippen molar-refractivity contribution in [3.05, 3.63) is 52.6 Å². The lowest BCUT2D eigenvalue weighted by Crippen LogP contribution is -2.05. The first-order chi connectivity index (χ1) is 8.15. The monoisotopic (exact) mass is 292 g/mol. The van der Waals surface area contributed by atoms with Crippen molar-refractivity contribution < 1.29 is 4.74 Å². The van der Waals surface area contributed by atoms with Crippen molar-refractivity contribution in [2.24, 2.45) is 5.73 Å². The van der Waals surface area contributed by atoms with Crippen molar-refractivity contribution >= 4 is 15.9 Å². The predicted octanol–water partition coefficient (Wildman–Crippen LogP) is 3.66. The van der Waals surface area contributed by atoms with E-state index in [1.54, 1.807) is 6.20 Å². The van der Waals surface area contributed by atoms with Crippen LogP contribution in [-0.4, -0.2) is 4.98 Å². The van der Waals surface area contributed by atoms with Gasteiger partial charge < -0.3 is 10.5 Å².